The van der Waals surface area contributed by atoms with Crippen molar-refractivity contribution in [2.75, 3.05) is 47.1 Å². The molecule has 1 aliphatic rings. The summed E-state index contributed by atoms with van der Waals surface area (Å²) in [5, 5.41) is 0. The molecule has 0 aromatic heterocycles. The quantitative estimate of drug-likeness (QED) is 0.857. The summed E-state index contributed by atoms with van der Waals surface area (Å²) < 4.78 is 16.3. The normalized spacial score (nSPS) is 19.0. The van der Waals surface area contributed by atoms with Crippen molar-refractivity contribution in [3.63, 3.8) is 0 Å². The number of benzene rings is 1. The van der Waals surface area contributed by atoms with Gasteiger partial charge < -0.3 is 19.9 Å². The standard InChI is InChI=1S/C16H26N2O3/c1-16(12-17,18-6-8-21-9-7-18)11-13-10-14(19-2)4-5-15(13)20-3/h4-5,10H,6-9,11-12,17H2,1-3H3. The average molecular weight is 294 g/mol. The molecule has 2 rings (SSSR count). The Morgan fingerprint density at radius 1 is 1.24 bits per heavy atom. The van der Waals surface area contributed by atoms with Crippen molar-refractivity contribution >= 4 is 0 Å². The molecule has 118 valence electrons. The lowest BCUT2D eigenvalue weighted by atomic mass is 9.90. The molecule has 1 saturated heterocycles. The minimum absolute atomic E-state index is 0.108. The van der Waals surface area contributed by atoms with E-state index in [0.29, 0.717) is 6.54 Å². The zero-order chi connectivity index (χ0) is 15.3. The van der Waals surface area contributed by atoms with Gasteiger partial charge in [-0.2, -0.15) is 0 Å². The number of ether oxygens (including phenoxy) is 3. The largest absolute Gasteiger partial charge is 0.497 e. The maximum absolute atomic E-state index is 6.09. The number of morpholine rings is 1. The molecule has 1 aliphatic heterocycles. The van der Waals surface area contributed by atoms with Crippen LogP contribution in [0.4, 0.5) is 0 Å². The lowest BCUT2D eigenvalue weighted by molar-refractivity contribution is -0.0133. The van der Waals surface area contributed by atoms with E-state index < -0.39 is 0 Å². The lowest BCUT2D eigenvalue weighted by Gasteiger charge is -2.43. The van der Waals surface area contributed by atoms with E-state index in [9.17, 15) is 0 Å². The molecule has 1 aromatic rings. The molecule has 0 amide bonds. The molecule has 1 aromatic carbocycles. The Labute approximate surface area is 127 Å². The van der Waals surface area contributed by atoms with Gasteiger partial charge in [-0.05, 0) is 37.1 Å². The number of nitrogens with two attached hydrogens (primary N) is 1. The monoisotopic (exact) mass is 294 g/mol. The van der Waals surface area contributed by atoms with Crippen LogP contribution in [0.1, 0.15) is 12.5 Å². The van der Waals surface area contributed by atoms with Crippen molar-refractivity contribution in [1.82, 2.24) is 4.90 Å². The number of rotatable bonds is 6. The number of hydrogen-bond acceptors (Lipinski definition) is 5. The minimum Gasteiger partial charge on any atom is -0.497 e. The van der Waals surface area contributed by atoms with Gasteiger partial charge in [-0.3, -0.25) is 4.90 Å². The number of methoxy groups -OCH3 is 2. The summed E-state index contributed by atoms with van der Waals surface area (Å²) in [6, 6.07) is 5.90. The molecule has 1 atom stereocenters. The Hall–Kier alpha value is -1.30. The molecule has 1 fully saturated rings. The van der Waals surface area contributed by atoms with E-state index in [1.807, 2.05) is 18.2 Å². The van der Waals surface area contributed by atoms with Gasteiger partial charge in [0.25, 0.3) is 0 Å². The van der Waals surface area contributed by atoms with Crippen molar-refractivity contribution in [3.8, 4) is 11.5 Å². The molecule has 0 saturated carbocycles. The summed E-state index contributed by atoms with van der Waals surface area (Å²) in [5.41, 5.74) is 7.11. The summed E-state index contributed by atoms with van der Waals surface area (Å²) in [4.78, 5) is 2.41. The van der Waals surface area contributed by atoms with Crippen LogP contribution < -0.4 is 15.2 Å². The molecule has 1 heterocycles. The van der Waals surface area contributed by atoms with Crippen molar-refractivity contribution in [1.29, 1.82) is 0 Å². The third kappa shape index (κ3) is 3.67. The van der Waals surface area contributed by atoms with Crippen molar-refractivity contribution in [2.24, 2.45) is 5.73 Å². The fraction of sp³-hybridized carbons (Fsp3) is 0.625. The van der Waals surface area contributed by atoms with Gasteiger partial charge in [0.15, 0.2) is 0 Å². The second kappa shape index (κ2) is 7.11. The van der Waals surface area contributed by atoms with E-state index in [2.05, 4.69) is 11.8 Å². The Balaban J connectivity index is 2.24. The Morgan fingerprint density at radius 2 is 1.95 bits per heavy atom. The highest BCUT2D eigenvalue weighted by atomic mass is 16.5. The Bertz CT molecular complexity index is 461. The van der Waals surface area contributed by atoms with Crippen LogP contribution in [-0.2, 0) is 11.2 Å². The second-order valence-electron chi connectivity index (χ2n) is 5.66. The molecule has 5 heteroatoms. The Morgan fingerprint density at radius 3 is 2.52 bits per heavy atom. The number of nitrogens with zero attached hydrogens (tertiary/aromatic N) is 1. The highest BCUT2D eigenvalue weighted by molar-refractivity contribution is 5.41. The van der Waals surface area contributed by atoms with Gasteiger partial charge >= 0.3 is 0 Å². The van der Waals surface area contributed by atoms with Crippen LogP contribution in [0, 0.1) is 0 Å². The van der Waals surface area contributed by atoms with Crippen molar-refractivity contribution in [2.45, 2.75) is 18.9 Å². The first-order valence-corrected chi connectivity index (χ1v) is 7.37. The fourth-order valence-electron chi connectivity index (χ4n) is 2.85. The highest BCUT2D eigenvalue weighted by Crippen LogP contribution is 2.30. The van der Waals surface area contributed by atoms with E-state index in [1.54, 1.807) is 14.2 Å². The third-order valence-corrected chi connectivity index (χ3v) is 4.27. The predicted molar refractivity (Wildman–Crippen MR) is 83.1 cm³/mol. The summed E-state index contributed by atoms with van der Waals surface area (Å²) in [7, 11) is 3.37. The molecular weight excluding hydrogens is 268 g/mol. The van der Waals surface area contributed by atoms with Crippen molar-refractivity contribution < 1.29 is 14.2 Å². The van der Waals surface area contributed by atoms with Crippen molar-refractivity contribution in [3.05, 3.63) is 23.8 Å². The summed E-state index contributed by atoms with van der Waals surface area (Å²) in [5.74, 6) is 1.72. The molecule has 0 radical (unpaired) electrons. The predicted octanol–water partition coefficient (Wildman–Crippen LogP) is 1.30. The molecular formula is C16H26N2O3. The third-order valence-electron chi connectivity index (χ3n) is 4.27. The van der Waals surface area contributed by atoms with Gasteiger partial charge in [0.1, 0.15) is 11.5 Å². The van der Waals surface area contributed by atoms with E-state index in [-0.39, 0.29) is 5.54 Å². The minimum atomic E-state index is -0.108. The Kier molecular flexibility index (Phi) is 5.45. The second-order valence-corrected chi connectivity index (χ2v) is 5.66. The van der Waals surface area contributed by atoms with Crippen LogP contribution in [0.25, 0.3) is 0 Å². The first-order chi connectivity index (χ1) is 10.1. The number of hydrogen-bond donors (Lipinski definition) is 1. The zero-order valence-electron chi connectivity index (χ0n) is 13.2. The topological polar surface area (TPSA) is 57.0 Å². The van der Waals surface area contributed by atoms with Crippen LogP contribution in [0.15, 0.2) is 18.2 Å². The van der Waals surface area contributed by atoms with Gasteiger partial charge in [-0.15, -0.1) is 0 Å². The van der Waals surface area contributed by atoms with Crippen LogP contribution in [0.3, 0.4) is 0 Å². The highest BCUT2D eigenvalue weighted by Gasteiger charge is 2.32. The first-order valence-electron chi connectivity index (χ1n) is 7.37. The average Bonchev–Trinajstić information content (AvgIpc) is 2.55. The van der Waals surface area contributed by atoms with Crippen LogP contribution in [0.5, 0.6) is 11.5 Å². The lowest BCUT2D eigenvalue weighted by Crippen LogP contribution is -2.56. The smallest absolute Gasteiger partial charge is 0.122 e. The van der Waals surface area contributed by atoms with Gasteiger partial charge in [0, 0.05) is 25.2 Å². The molecule has 2 N–H and O–H groups in total. The van der Waals surface area contributed by atoms with E-state index >= 15 is 0 Å². The maximum atomic E-state index is 6.09. The summed E-state index contributed by atoms with van der Waals surface area (Å²) in [6.07, 6.45) is 0.823. The SMILES string of the molecule is COc1ccc(OC)c(CC(C)(CN)N2CCOCC2)c1. The molecule has 5 nitrogen and oxygen atoms in total. The first kappa shape index (κ1) is 16.1. The van der Waals surface area contributed by atoms with Crippen LogP contribution in [0.2, 0.25) is 0 Å². The van der Waals surface area contributed by atoms with Gasteiger partial charge in [0.05, 0.1) is 27.4 Å². The maximum Gasteiger partial charge on any atom is 0.122 e. The summed E-state index contributed by atoms with van der Waals surface area (Å²) >= 11 is 0. The fourth-order valence-corrected chi connectivity index (χ4v) is 2.85. The van der Waals surface area contributed by atoms with Gasteiger partial charge in [-0.25, -0.2) is 0 Å². The van der Waals surface area contributed by atoms with Crippen LogP contribution in [-0.4, -0.2) is 57.5 Å². The van der Waals surface area contributed by atoms with E-state index in [4.69, 9.17) is 19.9 Å². The van der Waals surface area contributed by atoms with Gasteiger partial charge in [0.2, 0.25) is 0 Å². The van der Waals surface area contributed by atoms with E-state index in [0.717, 1.165) is 49.8 Å². The molecule has 0 aliphatic carbocycles. The molecule has 1 unspecified atom stereocenters. The summed E-state index contributed by atoms with van der Waals surface area (Å²) in [6.45, 7) is 6.17. The van der Waals surface area contributed by atoms with Crippen LogP contribution >= 0.6 is 0 Å². The zero-order valence-corrected chi connectivity index (χ0v) is 13.2. The molecule has 0 bridgehead atoms. The molecule has 0 spiro atoms. The molecule has 21 heavy (non-hydrogen) atoms. The van der Waals surface area contributed by atoms with E-state index in [1.165, 1.54) is 0 Å². The van der Waals surface area contributed by atoms with Gasteiger partial charge in [-0.1, -0.05) is 0 Å².